The Balaban J connectivity index is 2.42. The number of allylic oxidation sites excluding steroid dienone is 3. The average molecular weight is 168 g/mol. The molecule has 1 rings (SSSR count). The van der Waals surface area contributed by atoms with Gasteiger partial charge in [0.25, 0.3) is 0 Å². The van der Waals surface area contributed by atoms with Gasteiger partial charge in [0, 0.05) is 12.7 Å². The molecule has 0 aromatic carbocycles. The van der Waals surface area contributed by atoms with E-state index >= 15 is 0 Å². The van der Waals surface area contributed by atoms with Gasteiger partial charge in [-0.15, -0.1) is 0 Å². The Morgan fingerprint density at radius 3 is 2.91 bits per heavy atom. The molecule has 11 heavy (non-hydrogen) atoms. The van der Waals surface area contributed by atoms with E-state index in [4.69, 9.17) is 12.2 Å². The maximum absolute atomic E-state index is 4.94. The Morgan fingerprint density at radius 1 is 1.55 bits per heavy atom. The molecule has 0 saturated carbocycles. The fraction of sp³-hybridized carbons (Fsp3) is 0.375. The van der Waals surface area contributed by atoms with Crippen LogP contribution in [0.5, 0.6) is 0 Å². The normalized spacial score (nSPS) is 15.5. The molecule has 0 fully saturated rings. The van der Waals surface area contributed by atoms with Crippen molar-refractivity contribution in [1.29, 1.82) is 0 Å². The molecule has 0 unspecified atom stereocenters. The highest BCUT2D eigenvalue weighted by atomic mass is 32.1. The molecule has 0 saturated heterocycles. The van der Waals surface area contributed by atoms with Crippen LogP contribution < -0.4 is 10.6 Å². The number of thiocarbonyl (C=S) groups is 1. The molecular formula is C8H12N2S. The van der Waals surface area contributed by atoms with Crippen molar-refractivity contribution in [2.75, 3.05) is 7.05 Å². The summed E-state index contributed by atoms with van der Waals surface area (Å²) in [5.41, 5.74) is 1.09. The topological polar surface area (TPSA) is 24.1 Å². The fourth-order valence-corrected chi connectivity index (χ4v) is 1.02. The lowest BCUT2D eigenvalue weighted by atomic mass is 10.1. The summed E-state index contributed by atoms with van der Waals surface area (Å²) < 4.78 is 0. The summed E-state index contributed by atoms with van der Waals surface area (Å²) in [6, 6.07) is 0. The Morgan fingerprint density at radius 2 is 2.36 bits per heavy atom. The first-order valence-corrected chi connectivity index (χ1v) is 4.09. The quantitative estimate of drug-likeness (QED) is 0.577. The van der Waals surface area contributed by atoms with Gasteiger partial charge in [-0.2, -0.15) is 0 Å². The molecule has 0 aromatic rings. The summed E-state index contributed by atoms with van der Waals surface area (Å²) in [7, 11) is 1.81. The van der Waals surface area contributed by atoms with E-state index in [1.54, 1.807) is 0 Å². The van der Waals surface area contributed by atoms with Crippen LogP contribution in [0, 0.1) is 0 Å². The third-order valence-corrected chi connectivity index (χ3v) is 1.79. The first-order chi connectivity index (χ1) is 5.33. The molecule has 2 nitrogen and oxygen atoms in total. The highest BCUT2D eigenvalue weighted by Crippen LogP contribution is 2.05. The van der Waals surface area contributed by atoms with Gasteiger partial charge >= 0.3 is 0 Å². The number of rotatable bonds is 1. The highest BCUT2D eigenvalue weighted by Gasteiger charge is 1.97. The molecular weight excluding hydrogens is 156 g/mol. The van der Waals surface area contributed by atoms with Crippen LogP contribution in [0.25, 0.3) is 0 Å². The number of nitrogens with one attached hydrogen (secondary N) is 2. The molecule has 0 spiro atoms. The van der Waals surface area contributed by atoms with Crippen molar-refractivity contribution in [3.05, 3.63) is 23.9 Å². The molecule has 3 heteroatoms. The predicted molar refractivity (Wildman–Crippen MR) is 51.3 cm³/mol. The summed E-state index contributed by atoms with van der Waals surface area (Å²) >= 11 is 4.94. The van der Waals surface area contributed by atoms with Crippen LogP contribution in [0.2, 0.25) is 0 Å². The first-order valence-electron chi connectivity index (χ1n) is 3.68. The fourth-order valence-electron chi connectivity index (χ4n) is 0.900. The van der Waals surface area contributed by atoms with Crippen LogP contribution in [0.3, 0.4) is 0 Å². The Kier molecular flexibility index (Phi) is 3.11. The summed E-state index contributed by atoms with van der Waals surface area (Å²) in [6.07, 6.45) is 8.57. The van der Waals surface area contributed by atoms with Crippen molar-refractivity contribution >= 4 is 17.3 Å². The van der Waals surface area contributed by atoms with Crippen molar-refractivity contribution in [3.8, 4) is 0 Å². The standard InChI is InChI=1S/C8H12N2S/c1-9-8(11)10-7-5-3-2-4-6-7/h3,5-6H,2,4H2,1H3,(H2,9,10,11). The van der Waals surface area contributed by atoms with E-state index in [1.165, 1.54) is 0 Å². The zero-order valence-electron chi connectivity index (χ0n) is 6.55. The largest absolute Gasteiger partial charge is 0.366 e. The summed E-state index contributed by atoms with van der Waals surface area (Å²) in [6.45, 7) is 0. The molecule has 0 radical (unpaired) electrons. The lowest BCUT2D eigenvalue weighted by Gasteiger charge is -2.09. The van der Waals surface area contributed by atoms with Gasteiger partial charge in [-0.3, -0.25) is 0 Å². The highest BCUT2D eigenvalue weighted by molar-refractivity contribution is 7.80. The van der Waals surface area contributed by atoms with E-state index in [9.17, 15) is 0 Å². The number of hydrogen-bond acceptors (Lipinski definition) is 1. The first kappa shape index (κ1) is 8.27. The third kappa shape index (κ3) is 2.72. The Bertz CT molecular complexity index is 206. The van der Waals surface area contributed by atoms with Gasteiger partial charge in [-0.05, 0) is 31.1 Å². The Hall–Kier alpha value is -0.830. The van der Waals surface area contributed by atoms with Gasteiger partial charge in [0.1, 0.15) is 0 Å². The molecule has 2 N–H and O–H groups in total. The van der Waals surface area contributed by atoms with Gasteiger partial charge in [-0.1, -0.05) is 12.2 Å². The third-order valence-electron chi connectivity index (χ3n) is 1.48. The molecule has 0 aliphatic heterocycles. The van der Waals surface area contributed by atoms with Gasteiger partial charge in [0.05, 0.1) is 0 Å². The van der Waals surface area contributed by atoms with Crippen LogP contribution in [-0.4, -0.2) is 12.2 Å². The lowest BCUT2D eigenvalue weighted by Crippen LogP contribution is -2.31. The summed E-state index contributed by atoms with van der Waals surface area (Å²) in [4.78, 5) is 0. The van der Waals surface area contributed by atoms with E-state index in [2.05, 4.69) is 22.8 Å². The van der Waals surface area contributed by atoms with Crippen molar-refractivity contribution in [3.63, 3.8) is 0 Å². The minimum atomic E-state index is 0.669. The second-order valence-corrected chi connectivity index (χ2v) is 2.75. The van der Waals surface area contributed by atoms with E-state index in [0.29, 0.717) is 5.11 Å². The maximum Gasteiger partial charge on any atom is 0.170 e. The SMILES string of the molecule is CNC(=S)NC1=CCCC=C1. The van der Waals surface area contributed by atoms with Crippen LogP contribution in [0.4, 0.5) is 0 Å². The molecule has 0 atom stereocenters. The van der Waals surface area contributed by atoms with Gasteiger partial charge in [0.15, 0.2) is 5.11 Å². The molecule has 1 aliphatic carbocycles. The Labute approximate surface area is 72.4 Å². The van der Waals surface area contributed by atoms with Crippen molar-refractivity contribution in [2.24, 2.45) is 0 Å². The average Bonchev–Trinajstić information content (AvgIpc) is 2.06. The predicted octanol–water partition coefficient (Wildman–Crippen LogP) is 1.31. The van der Waals surface area contributed by atoms with Crippen LogP contribution in [0.15, 0.2) is 23.9 Å². The van der Waals surface area contributed by atoms with Crippen LogP contribution >= 0.6 is 12.2 Å². The smallest absolute Gasteiger partial charge is 0.170 e. The van der Waals surface area contributed by atoms with Crippen LogP contribution in [-0.2, 0) is 0 Å². The zero-order chi connectivity index (χ0) is 8.10. The molecule has 60 valence electrons. The van der Waals surface area contributed by atoms with Crippen molar-refractivity contribution < 1.29 is 0 Å². The van der Waals surface area contributed by atoms with Crippen molar-refractivity contribution in [1.82, 2.24) is 10.6 Å². The minimum absolute atomic E-state index is 0.669. The molecule has 1 aliphatic rings. The second-order valence-electron chi connectivity index (χ2n) is 2.34. The van der Waals surface area contributed by atoms with Gasteiger partial charge in [-0.25, -0.2) is 0 Å². The molecule has 0 heterocycles. The second kappa shape index (κ2) is 4.13. The molecule has 0 amide bonds. The number of hydrogen-bond donors (Lipinski definition) is 2. The lowest BCUT2D eigenvalue weighted by molar-refractivity contribution is 0.972. The maximum atomic E-state index is 4.94. The summed E-state index contributed by atoms with van der Waals surface area (Å²) in [5, 5.41) is 6.59. The van der Waals surface area contributed by atoms with Crippen molar-refractivity contribution in [2.45, 2.75) is 12.8 Å². The molecule has 0 bridgehead atoms. The minimum Gasteiger partial charge on any atom is -0.366 e. The van der Waals surface area contributed by atoms with Gasteiger partial charge in [0.2, 0.25) is 0 Å². The van der Waals surface area contributed by atoms with E-state index in [1.807, 2.05) is 13.1 Å². The van der Waals surface area contributed by atoms with Gasteiger partial charge < -0.3 is 10.6 Å². The van der Waals surface area contributed by atoms with Crippen LogP contribution in [0.1, 0.15) is 12.8 Å². The summed E-state index contributed by atoms with van der Waals surface area (Å²) in [5.74, 6) is 0. The molecule has 0 aromatic heterocycles. The van der Waals surface area contributed by atoms with E-state index in [0.717, 1.165) is 18.5 Å². The zero-order valence-corrected chi connectivity index (χ0v) is 7.37. The van der Waals surface area contributed by atoms with E-state index in [-0.39, 0.29) is 0 Å². The monoisotopic (exact) mass is 168 g/mol. The van der Waals surface area contributed by atoms with E-state index < -0.39 is 0 Å².